The van der Waals surface area contributed by atoms with Crippen molar-refractivity contribution < 1.29 is 9.84 Å². The maximum absolute atomic E-state index is 9.22. The van der Waals surface area contributed by atoms with E-state index in [9.17, 15) is 5.11 Å². The number of rotatable bonds is 2. The van der Waals surface area contributed by atoms with Crippen LogP contribution in [0.1, 0.15) is 24.6 Å². The van der Waals surface area contributed by atoms with E-state index >= 15 is 0 Å². The first-order chi connectivity index (χ1) is 10.2. The van der Waals surface area contributed by atoms with E-state index in [2.05, 4.69) is 15.1 Å². The standard InChI is InChI=1S/C13H16N6O2/c1-18-12-10-8(11(14)17-18)4-19(13(10)16-6-15-12)9-3-2-7(5-20)21-9/h4,6-7,9,20H,2-3,5H2,1H3,(H2,14,17). The Morgan fingerprint density at radius 2 is 2.29 bits per heavy atom. The number of ether oxygens (including phenoxy) is 1. The highest BCUT2D eigenvalue weighted by molar-refractivity contribution is 6.13. The Kier molecular flexibility index (Phi) is 2.63. The second-order valence-corrected chi connectivity index (χ2v) is 5.33. The molecule has 0 spiro atoms. The van der Waals surface area contributed by atoms with Gasteiger partial charge < -0.3 is 20.1 Å². The van der Waals surface area contributed by atoms with Gasteiger partial charge in [0.05, 0.1) is 18.1 Å². The van der Waals surface area contributed by atoms with Gasteiger partial charge in [-0.15, -0.1) is 0 Å². The summed E-state index contributed by atoms with van der Waals surface area (Å²) in [6.07, 6.45) is 4.84. The van der Waals surface area contributed by atoms with E-state index in [0.29, 0.717) is 5.84 Å². The van der Waals surface area contributed by atoms with Crippen molar-refractivity contribution >= 4 is 22.7 Å². The number of nitrogens with two attached hydrogens (primary N) is 1. The van der Waals surface area contributed by atoms with E-state index in [-0.39, 0.29) is 18.9 Å². The summed E-state index contributed by atoms with van der Waals surface area (Å²) in [6.45, 7) is 0.0368. The molecule has 0 aromatic carbocycles. The van der Waals surface area contributed by atoms with Gasteiger partial charge in [0.25, 0.3) is 0 Å². The maximum atomic E-state index is 9.22. The van der Waals surface area contributed by atoms with E-state index in [1.165, 1.54) is 6.33 Å². The summed E-state index contributed by atoms with van der Waals surface area (Å²) in [6, 6.07) is 0. The first-order valence-electron chi connectivity index (χ1n) is 6.89. The molecule has 2 unspecified atom stereocenters. The molecule has 2 aliphatic heterocycles. The smallest absolute Gasteiger partial charge is 0.162 e. The molecule has 0 saturated carbocycles. The van der Waals surface area contributed by atoms with Crippen molar-refractivity contribution in [3.05, 3.63) is 18.1 Å². The van der Waals surface area contributed by atoms with E-state index in [1.54, 1.807) is 5.01 Å². The van der Waals surface area contributed by atoms with Gasteiger partial charge in [-0.2, -0.15) is 5.10 Å². The third kappa shape index (κ3) is 1.72. The monoisotopic (exact) mass is 288 g/mol. The zero-order valence-electron chi connectivity index (χ0n) is 11.6. The molecule has 2 atom stereocenters. The van der Waals surface area contributed by atoms with E-state index in [4.69, 9.17) is 10.5 Å². The zero-order chi connectivity index (χ0) is 14.6. The van der Waals surface area contributed by atoms with Crippen LogP contribution in [0.3, 0.4) is 0 Å². The van der Waals surface area contributed by atoms with Crippen molar-refractivity contribution in [3.63, 3.8) is 0 Å². The number of aliphatic hydroxyl groups is 1. The zero-order valence-corrected chi connectivity index (χ0v) is 11.6. The summed E-state index contributed by atoms with van der Waals surface area (Å²) in [5.41, 5.74) is 7.63. The average Bonchev–Trinajstić information content (AvgIpc) is 3.09. The number of hydrogen-bond donors (Lipinski definition) is 2. The molecular formula is C13H16N6O2. The SMILES string of the molecule is CN1N=C(N)c2cn(C3CCC(CO)O3)c3ncnc1c23. The van der Waals surface area contributed by atoms with Gasteiger partial charge in [0, 0.05) is 18.8 Å². The van der Waals surface area contributed by atoms with Crippen LogP contribution in [0, 0.1) is 0 Å². The number of hydrogen-bond acceptors (Lipinski definition) is 7. The van der Waals surface area contributed by atoms with Crippen LogP contribution in [0.2, 0.25) is 0 Å². The summed E-state index contributed by atoms with van der Waals surface area (Å²) in [5.74, 6) is 1.18. The lowest BCUT2D eigenvalue weighted by atomic mass is 10.2. The summed E-state index contributed by atoms with van der Waals surface area (Å²) in [7, 11) is 1.81. The predicted octanol–water partition coefficient (Wildman–Crippen LogP) is 0.171. The molecule has 1 fully saturated rings. The van der Waals surface area contributed by atoms with Gasteiger partial charge in [-0.3, -0.25) is 0 Å². The van der Waals surface area contributed by atoms with Crippen LogP contribution in [0.4, 0.5) is 5.82 Å². The van der Waals surface area contributed by atoms with Crippen LogP contribution in [-0.4, -0.2) is 45.2 Å². The molecule has 0 amide bonds. The van der Waals surface area contributed by atoms with Gasteiger partial charge in [-0.05, 0) is 12.8 Å². The van der Waals surface area contributed by atoms with Gasteiger partial charge >= 0.3 is 0 Å². The second-order valence-electron chi connectivity index (χ2n) is 5.33. The fourth-order valence-electron chi connectivity index (χ4n) is 3.02. The third-order valence-electron chi connectivity index (χ3n) is 4.03. The molecule has 4 heterocycles. The Morgan fingerprint density at radius 3 is 3.05 bits per heavy atom. The molecule has 110 valence electrons. The highest BCUT2D eigenvalue weighted by Gasteiger charge is 2.30. The lowest BCUT2D eigenvalue weighted by Crippen LogP contribution is -2.25. The molecule has 8 heteroatoms. The van der Waals surface area contributed by atoms with Crippen molar-refractivity contribution in [2.24, 2.45) is 10.8 Å². The number of anilines is 1. The highest BCUT2D eigenvalue weighted by atomic mass is 16.5. The minimum absolute atomic E-state index is 0.0368. The molecule has 4 rings (SSSR count). The fourth-order valence-corrected chi connectivity index (χ4v) is 3.02. The third-order valence-corrected chi connectivity index (χ3v) is 4.03. The van der Waals surface area contributed by atoms with E-state index in [0.717, 1.165) is 35.3 Å². The molecule has 3 N–H and O–H groups in total. The van der Waals surface area contributed by atoms with Crippen LogP contribution in [-0.2, 0) is 4.74 Å². The molecule has 2 aromatic rings. The summed E-state index contributed by atoms with van der Waals surface area (Å²) in [4.78, 5) is 8.66. The van der Waals surface area contributed by atoms with Gasteiger partial charge in [0.2, 0.25) is 0 Å². The van der Waals surface area contributed by atoms with Gasteiger partial charge in [0.1, 0.15) is 18.2 Å². The Morgan fingerprint density at radius 1 is 1.43 bits per heavy atom. The summed E-state index contributed by atoms with van der Waals surface area (Å²) >= 11 is 0. The molecule has 0 radical (unpaired) electrons. The highest BCUT2D eigenvalue weighted by Crippen LogP contribution is 2.36. The predicted molar refractivity (Wildman–Crippen MR) is 76.9 cm³/mol. The van der Waals surface area contributed by atoms with Crippen LogP contribution in [0.25, 0.3) is 11.0 Å². The van der Waals surface area contributed by atoms with Crippen molar-refractivity contribution in [3.8, 4) is 0 Å². The van der Waals surface area contributed by atoms with Crippen molar-refractivity contribution in [1.29, 1.82) is 0 Å². The maximum Gasteiger partial charge on any atom is 0.162 e. The molecule has 2 aliphatic rings. The molecule has 0 aliphatic carbocycles. The van der Waals surface area contributed by atoms with E-state index in [1.807, 2.05) is 17.8 Å². The lowest BCUT2D eigenvalue weighted by Gasteiger charge is -2.18. The molecule has 0 bridgehead atoms. The van der Waals surface area contributed by atoms with Crippen LogP contribution < -0.4 is 10.7 Å². The number of aromatic nitrogens is 3. The van der Waals surface area contributed by atoms with Crippen molar-refractivity contribution in [1.82, 2.24) is 14.5 Å². The Balaban J connectivity index is 1.88. The minimum atomic E-state index is -0.141. The molecular weight excluding hydrogens is 272 g/mol. The van der Waals surface area contributed by atoms with Crippen molar-refractivity contribution in [2.45, 2.75) is 25.2 Å². The Labute approximate surface area is 120 Å². The summed E-state index contributed by atoms with van der Waals surface area (Å²) in [5, 5.41) is 16.0. The fraction of sp³-hybridized carbons (Fsp3) is 0.462. The Bertz CT molecular complexity index is 740. The molecule has 1 saturated heterocycles. The number of nitrogens with zero attached hydrogens (tertiary/aromatic N) is 5. The lowest BCUT2D eigenvalue weighted by molar-refractivity contribution is -0.0204. The quantitative estimate of drug-likeness (QED) is 0.817. The first kappa shape index (κ1) is 12.5. The molecule has 21 heavy (non-hydrogen) atoms. The van der Waals surface area contributed by atoms with Crippen LogP contribution >= 0.6 is 0 Å². The molecule has 8 nitrogen and oxygen atoms in total. The number of aliphatic hydroxyl groups excluding tert-OH is 1. The van der Waals surface area contributed by atoms with E-state index < -0.39 is 0 Å². The molecule has 2 aromatic heterocycles. The van der Waals surface area contributed by atoms with Gasteiger partial charge in [-0.1, -0.05) is 0 Å². The summed E-state index contributed by atoms with van der Waals surface area (Å²) < 4.78 is 7.81. The first-order valence-corrected chi connectivity index (χ1v) is 6.89. The number of amidine groups is 1. The average molecular weight is 288 g/mol. The van der Waals surface area contributed by atoms with Gasteiger partial charge in [0.15, 0.2) is 11.7 Å². The van der Waals surface area contributed by atoms with Crippen LogP contribution in [0.5, 0.6) is 0 Å². The van der Waals surface area contributed by atoms with Crippen LogP contribution in [0.15, 0.2) is 17.6 Å². The minimum Gasteiger partial charge on any atom is -0.394 e. The number of hydrazone groups is 1. The second kappa shape index (κ2) is 4.40. The van der Waals surface area contributed by atoms with Crippen molar-refractivity contribution in [2.75, 3.05) is 18.7 Å². The largest absolute Gasteiger partial charge is 0.394 e. The normalized spacial score (nSPS) is 24.7. The Hall–Kier alpha value is -2.19. The topological polar surface area (TPSA) is 102 Å². The van der Waals surface area contributed by atoms with Gasteiger partial charge in [-0.25, -0.2) is 15.0 Å².